The van der Waals surface area contributed by atoms with Crippen LogP contribution >= 0.6 is 0 Å². The lowest BCUT2D eigenvalue weighted by Gasteiger charge is -2.18. The molecule has 0 saturated carbocycles. The number of aliphatic carboxylic acids is 1. The molecular weight excluding hydrogens is 386 g/mol. The highest BCUT2D eigenvalue weighted by molar-refractivity contribution is 7.89. The van der Waals surface area contributed by atoms with E-state index >= 15 is 0 Å². The van der Waals surface area contributed by atoms with Gasteiger partial charge in [-0.15, -0.1) is 0 Å². The summed E-state index contributed by atoms with van der Waals surface area (Å²) in [5.74, 6) is -1.57. The topological polar surface area (TPSA) is 83.5 Å². The van der Waals surface area contributed by atoms with Crippen LogP contribution in [0.15, 0.2) is 83.8 Å². The summed E-state index contributed by atoms with van der Waals surface area (Å²) >= 11 is 0. The van der Waals surface area contributed by atoms with Gasteiger partial charge in [0.2, 0.25) is 10.0 Å². The van der Waals surface area contributed by atoms with Crippen molar-refractivity contribution in [2.24, 2.45) is 5.92 Å². The summed E-state index contributed by atoms with van der Waals surface area (Å²) in [6.45, 7) is 3.31. The molecule has 3 aromatic rings. The number of sulfonamides is 1. The maximum absolute atomic E-state index is 12.5. The largest absolute Gasteiger partial charge is 0.480 e. The predicted molar refractivity (Wildman–Crippen MR) is 114 cm³/mol. The van der Waals surface area contributed by atoms with Gasteiger partial charge in [-0.3, -0.25) is 4.79 Å². The molecule has 2 N–H and O–H groups in total. The van der Waals surface area contributed by atoms with Gasteiger partial charge in [-0.2, -0.15) is 4.72 Å². The lowest BCUT2D eigenvalue weighted by Crippen LogP contribution is -2.44. The molecule has 0 aliphatic carbocycles. The van der Waals surface area contributed by atoms with Crippen LogP contribution < -0.4 is 4.72 Å². The van der Waals surface area contributed by atoms with Crippen LogP contribution in [0.4, 0.5) is 0 Å². The molecule has 0 fully saturated rings. The fourth-order valence-electron chi connectivity index (χ4n) is 3.02. The summed E-state index contributed by atoms with van der Waals surface area (Å²) in [4.78, 5) is 11.3. The van der Waals surface area contributed by atoms with Crippen molar-refractivity contribution in [1.82, 2.24) is 4.72 Å². The number of nitrogens with one attached hydrogen (secondary N) is 1. The van der Waals surface area contributed by atoms with Gasteiger partial charge in [-0.25, -0.2) is 8.42 Å². The summed E-state index contributed by atoms with van der Waals surface area (Å²) in [6, 6.07) is 23.3. The molecule has 0 aliphatic rings. The van der Waals surface area contributed by atoms with Crippen molar-refractivity contribution in [2.45, 2.75) is 24.8 Å². The van der Waals surface area contributed by atoms with Gasteiger partial charge in [0, 0.05) is 0 Å². The molecule has 0 aliphatic heterocycles. The molecule has 5 nitrogen and oxygen atoms in total. The normalized spacial score (nSPS) is 12.7. The Labute approximate surface area is 171 Å². The Bertz CT molecular complexity index is 1070. The zero-order chi connectivity index (χ0) is 21.0. The average molecular weight is 410 g/mol. The number of hydrogen-bond donors (Lipinski definition) is 2. The van der Waals surface area contributed by atoms with E-state index in [1.54, 1.807) is 26.0 Å². The van der Waals surface area contributed by atoms with Crippen LogP contribution in [0, 0.1) is 5.92 Å². The summed E-state index contributed by atoms with van der Waals surface area (Å²) in [6.07, 6.45) is 0. The smallest absolute Gasteiger partial charge is 0.322 e. The Balaban J connectivity index is 1.80. The van der Waals surface area contributed by atoms with Crippen molar-refractivity contribution >= 4 is 16.0 Å². The highest BCUT2D eigenvalue weighted by Gasteiger charge is 2.27. The van der Waals surface area contributed by atoms with Crippen LogP contribution in [0.3, 0.4) is 0 Å². The van der Waals surface area contributed by atoms with Crippen LogP contribution in [-0.2, 0) is 14.8 Å². The van der Waals surface area contributed by atoms with Crippen molar-refractivity contribution in [1.29, 1.82) is 0 Å². The zero-order valence-electron chi connectivity index (χ0n) is 16.2. The van der Waals surface area contributed by atoms with E-state index in [9.17, 15) is 18.3 Å². The standard InChI is InChI=1S/C23H23NO4S/c1-16(2)22(23(25)26)24-29(27,28)21-14-12-20(13-15-21)19-10-8-18(9-11-19)17-6-4-3-5-7-17/h3-16,22,24H,1-2H3,(H,25,26)/t22-/m1/s1. The van der Waals surface area contributed by atoms with E-state index in [0.29, 0.717) is 0 Å². The third kappa shape index (κ3) is 4.91. The molecule has 3 rings (SSSR count). The number of rotatable bonds is 7. The first-order valence-electron chi connectivity index (χ1n) is 9.29. The zero-order valence-corrected chi connectivity index (χ0v) is 17.1. The second kappa shape index (κ2) is 8.59. The number of benzene rings is 3. The van der Waals surface area contributed by atoms with Gasteiger partial charge in [0.25, 0.3) is 0 Å². The highest BCUT2D eigenvalue weighted by atomic mass is 32.2. The molecule has 0 radical (unpaired) electrons. The summed E-state index contributed by atoms with van der Waals surface area (Å²) < 4.78 is 27.3. The minimum Gasteiger partial charge on any atom is -0.480 e. The molecule has 0 saturated heterocycles. The SMILES string of the molecule is CC(C)[C@@H](NS(=O)(=O)c1ccc(-c2ccc(-c3ccccc3)cc2)cc1)C(=O)O. The summed E-state index contributed by atoms with van der Waals surface area (Å²) in [7, 11) is -3.92. The van der Waals surface area contributed by atoms with Crippen molar-refractivity contribution in [3.63, 3.8) is 0 Å². The third-order valence-corrected chi connectivity index (χ3v) is 6.16. The minimum absolute atomic E-state index is 0.0362. The molecule has 3 aromatic carbocycles. The van der Waals surface area contributed by atoms with Crippen molar-refractivity contribution in [2.75, 3.05) is 0 Å². The van der Waals surface area contributed by atoms with Crippen LogP contribution in [0.25, 0.3) is 22.3 Å². The van der Waals surface area contributed by atoms with E-state index in [4.69, 9.17) is 0 Å². The summed E-state index contributed by atoms with van der Waals surface area (Å²) in [5.41, 5.74) is 4.07. The predicted octanol–water partition coefficient (Wildman–Crippen LogP) is 4.41. The molecule has 150 valence electrons. The Morgan fingerprint density at radius 2 is 1.17 bits per heavy atom. The molecule has 0 bridgehead atoms. The second-order valence-corrected chi connectivity index (χ2v) is 8.86. The molecule has 0 spiro atoms. The fourth-order valence-corrected chi connectivity index (χ4v) is 4.36. The minimum atomic E-state index is -3.92. The molecule has 0 aromatic heterocycles. The quantitative estimate of drug-likeness (QED) is 0.605. The van der Waals surface area contributed by atoms with Gasteiger partial charge >= 0.3 is 5.97 Å². The van der Waals surface area contributed by atoms with Gasteiger partial charge in [0.15, 0.2) is 0 Å². The van der Waals surface area contributed by atoms with Gasteiger partial charge < -0.3 is 5.11 Å². The van der Waals surface area contributed by atoms with E-state index < -0.39 is 22.0 Å². The molecular formula is C23H23NO4S. The molecule has 1 atom stereocenters. The van der Waals surface area contributed by atoms with E-state index in [2.05, 4.69) is 4.72 Å². The van der Waals surface area contributed by atoms with Gasteiger partial charge in [-0.05, 0) is 40.3 Å². The number of carboxylic acid groups (broad SMARTS) is 1. The molecule has 6 heteroatoms. The number of carbonyl (C=O) groups is 1. The molecule has 0 heterocycles. The highest BCUT2D eigenvalue weighted by Crippen LogP contribution is 2.26. The van der Waals surface area contributed by atoms with Crippen molar-refractivity contribution in [3.05, 3.63) is 78.9 Å². The lowest BCUT2D eigenvalue weighted by atomic mass is 10.0. The molecule has 0 unspecified atom stereocenters. The van der Waals surface area contributed by atoms with Crippen LogP contribution in [0.5, 0.6) is 0 Å². The van der Waals surface area contributed by atoms with E-state index in [1.165, 1.54) is 12.1 Å². The third-order valence-electron chi connectivity index (χ3n) is 4.70. The van der Waals surface area contributed by atoms with E-state index in [-0.39, 0.29) is 10.8 Å². The Hall–Kier alpha value is -2.96. The van der Waals surface area contributed by atoms with Crippen LogP contribution in [0.1, 0.15) is 13.8 Å². The Morgan fingerprint density at radius 1 is 0.759 bits per heavy atom. The number of carboxylic acids is 1. The second-order valence-electron chi connectivity index (χ2n) is 7.15. The maximum atomic E-state index is 12.5. The van der Waals surface area contributed by atoms with Crippen molar-refractivity contribution < 1.29 is 18.3 Å². The van der Waals surface area contributed by atoms with Crippen LogP contribution in [0.2, 0.25) is 0 Å². The fraction of sp³-hybridized carbons (Fsp3) is 0.174. The Morgan fingerprint density at radius 3 is 1.59 bits per heavy atom. The average Bonchev–Trinajstić information content (AvgIpc) is 2.72. The molecule has 29 heavy (non-hydrogen) atoms. The van der Waals surface area contributed by atoms with Gasteiger partial charge in [0.1, 0.15) is 6.04 Å². The first-order chi connectivity index (χ1) is 13.8. The lowest BCUT2D eigenvalue weighted by molar-refractivity contribution is -0.140. The van der Waals surface area contributed by atoms with Crippen LogP contribution in [-0.4, -0.2) is 25.5 Å². The van der Waals surface area contributed by atoms with Gasteiger partial charge in [-0.1, -0.05) is 80.6 Å². The van der Waals surface area contributed by atoms with Gasteiger partial charge in [0.05, 0.1) is 4.90 Å². The first kappa shape index (κ1) is 20.8. The Kier molecular flexibility index (Phi) is 6.15. The number of hydrogen-bond acceptors (Lipinski definition) is 3. The van der Waals surface area contributed by atoms with E-state index in [1.807, 2.05) is 54.6 Å². The van der Waals surface area contributed by atoms with Crippen molar-refractivity contribution in [3.8, 4) is 22.3 Å². The monoisotopic (exact) mass is 409 g/mol. The molecule has 0 amide bonds. The first-order valence-corrected chi connectivity index (χ1v) is 10.8. The maximum Gasteiger partial charge on any atom is 0.322 e. The van der Waals surface area contributed by atoms with E-state index in [0.717, 1.165) is 22.3 Å². The summed E-state index contributed by atoms with van der Waals surface area (Å²) in [5, 5.41) is 9.22.